The first-order valence-electron chi connectivity index (χ1n) is 7.29. The lowest BCUT2D eigenvalue weighted by Crippen LogP contribution is -2.57. The van der Waals surface area contributed by atoms with Crippen molar-refractivity contribution in [3.8, 4) is 0 Å². The molecule has 0 saturated carbocycles. The average Bonchev–Trinajstić information content (AvgIpc) is 2.34. The van der Waals surface area contributed by atoms with Gasteiger partial charge >= 0.3 is 5.97 Å². The lowest BCUT2D eigenvalue weighted by atomic mass is 9.73. The molecule has 0 aliphatic carbocycles. The number of nitrogens with one attached hydrogen (secondary N) is 1. The molecule has 2 fully saturated rings. The summed E-state index contributed by atoms with van der Waals surface area (Å²) in [5.74, 6) is -0.346. The van der Waals surface area contributed by atoms with E-state index in [-0.39, 0.29) is 23.7 Å². The fraction of sp³-hybridized carbons (Fsp3) is 0.857. The van der Waals surface area contributed by atoms with Crippen LogP contribution in [0, 0.1) is 11.3 Å². The molecule has 19 heavy (non-hydrogen) atoms. The predicted molar refractivity (Wildman–Crippen MR) is 71.8 cm³/mol. The number of piperidine rings is 1. The third-order valence-electron chi connectivity index (χ3n) is 4.45. The molecule has 0 unspecified atom stereocenters. The number of nitrogens with zero attached hydrogens (tertiary/aromatic N) is 1. The van der Waals surface area contributed by atoms with Crippen molar-refractivity contribution in [1.29, 1.82) is 0 Å². The second-order valence-corrected chi connectivity index (χ2v) is 5.95. The molecule has 0 radical (unpaired) electrons. The van der Waals surface area contributed by atoms with E-state index >= 15 is 0 Å². The summed E-state index contributed by atoms with van der Waals surface area (Å²) >= 11 is 0. The van der Waals surface area contributed by atoms with Crippen LogP contribution in [-0.2, 0) is 9.59 Å². The first-order chi connectivity index (χ1) is 9.07. The maximum Gasteiger partial charge on any atom is 0.303 e. The lowest BCUT2D eigenvalue weighted by Gasteiger charge is -2.46. The van der Waals surface area contributed by atoms with Gasteiger partial charge in [0.2, 0.25) is 5.91 Å². The first kappa shape index (κ1) is 14.3. The van der Waals surface area contributed by atoms with Crippen LogP contribution < -0.4 is 5.32 Å². The highest BCUT2D eigenvalue weighted by Crippen LogP contribution is 2.38. The summed E-state index contributed by atoms with van der Waals surface area (Å²) in [4.78, 5) is 25.2. The Morgan fingerprint density at radius 1 is 1.32 bits per heavy atom. The molecule has 0 atom stereocenters. The molecular formula is C14H24N2O3. The SMILES string of the molecule is CCCC1(C(=O)N2CC(CC(=O)O)C2)CCNCC1. The minimum Gasteiger partial charge on any atom is -0.481 e. The highest BCUT2D eigenvalue weighted by Gasteiger charge is 2.44. The Bertz CT molecular complexity index is 339. The summed E-state index contributed by atoms with van der Waals surface area (Å²) < 4.78 is 0. The molecule has 2 rings (SSSR count). The van der Waals surface area contributed by atoms with E-state index in [1.807, 2.05) is 4.90 Å². The Morgan fingerprint density at radius 3 is 2.47 bits per heavy atom. The van der Waals surface area contributed by atoms with Crippen LogP contribution in [0.15, 0.2) is 0 Å². The van der Waals surface area contributed by atoms with Crippen LogP contribution in [0.3, 0.4) is 0 Å². The van der Waals surface area contributed by atoms with Crippen molar-refractivity contribution in [2.75, 3.05) is 26.2 Å². The van der Waals surface area contributed by atoms with E-state index in [9.17, 15) is 9.59 Å². The molecule has 0 bridgehead atoms. The molecule has 2 aliphatic rings. The number of likely N-dealkylation sites (tertiary alicyclic amines) is 1. The minimum absolute atomic E-state index is 0.154. The molecule has 0 aromatic carbocycles. The normalized spacial score (nSPS) is 22.9. The van der Waals surface area contributed by atoms with Crippen molar-refractivity contribution < 1.29 is 14.7 Å². The van der Waals surface area contributed by atoms with Gasteiger partial charge in [0, 0.05) is 19.0 Å². The van der Waals surface area contributed by atoms with Gasteiger partial charge in [-0.25, -0.2) is 0 Å². The number of carbonyl (C=O) groups excluding carboxylic acids is 1. The van der Waals surface area contributed by atoms with Crippen LogP contribution in [0.2, 0.25) is 0 Å². The van der Waals surface area contributed by atoms with Gasteiger partial charge in [-0.3, -0.25) is 9.59 Å². The zero-order chi connectivity index (χ0) is 13.9. The zero-order valence-electron chi connectivity index (χ0n) is 11.7. The first-order valence-corrected chi connectivity index (χ1v) is 7.29. The van der Waals surface area contributed by atoms with Crippen LogP contribution >= 0.6 is 0 Å². The van der Waals surface area contributed by atoms with Gasteiger partial charge in [-0.1, -0.05) is 13.3 Å². The third kappa shape index (κ3) is 3.08. The summed E-state index contributed by atoms with van der Waals surface area (Å²) in [5.41, 5.74) is -0.186. The smallest absolute Gasteiger partial charge is 0.303 e. The molecule has 5 heteroatoms. The number of amides is 1. The van der Waals surface area contributed by atoms with E-state index in [2.05, 4.69) is 12.2 Å². The average molecular weight is 268 g/mol. The number of hydrogen-bond donors (Lipinski definition) is 2. The maximum absolute atomic E-state index is 12.7. The van der Waals surface area contributed by atoms with E-state index in [0.717, 1.165) is 38.8 Å². The van der Waals surface area contributed by atoms with Crippen molar-refractivity contribution in [2.24, 2.45) is 11.3 Å². The molecule has 2 heterocycles. The summed E-state index contributed by atoms with van der Waals surface area (Å²) in [5, 5.41) is 12.1. The molecule has 2 saturated heterocycles. The van der Waals surface area contributed by atoms with Gasteiger partial charge in [0.1, 0.15) is 0 Å². The van der Waals surface area contributed by atoms with Crippen LogP contribution in [0.4, 0.5) is 0 Å². The predicted octanol–water partition coefficient (Wildman–Crippen LogP) is 1.09. The number of hydrogen-bond acceptors (Lipinski definition) is 3. The van der Waals surface area contributed by atoms with Crippen molar-refractivity contribution in [1.82, 2.24) is 10.2 Å². The van der Waals surface area contributed by atoms with Crippen molar-refractivity contribution in [2.45, 2.75) is 39.0 Å². The standard InChI is InChI=1S/C14H24N2O3/c1-2-3-14(4-6-15-7-5-14)13(19)16-9-11(10-16)8-12(17)18/h11,15H,2-10H2,1H3,(H,17,18). The quantitative estimate of drug-likeness (QED) is 0.783. The van der Waals surface area contributed by atoms with Crippen molar-refractivity contribution in [3.05, 3.63) is 0 Å². The lowest BCUT2D eigenvalue weighted by molar-refractivity contribution is -0.154. The number of aliphatic carboxylic acids is 1. The van der Waals surface area contributed by atoms with Gasteiger partial charge in [-0.05, 0) is 32.4 Å². The topological polar surface area (TPSA) is 69.6 Å². The Kier molecular flexibility index (Phi) is 4.45. The third-order valence-corrected chi connectivity index (χ3v) is 4.45. The monoisotopic (exact) mass is 268 g/mol. The fourth-order valence-electron chi connectivity index (χ4n) is 3.40. The molecule has 1 amide bonds. The van der Waals surface area contributed by atoms with E-state index in [1.54, 1.807) is 0 Å². The van der Waals surface area contributed by atoms with Gasteiger partial charge in [-0.2, -0.15) is 0 Å². The summed E-state index contributed by atoms with van der Waals surface area (Å²) in [7, 11) is 0. The Balaban J connectivity index is 1.92. The molecule has 0 spiro atoms. The van der Waals surface area contributed by atoms with Gasteiger partial charge in [0.05, 0.1) is 11.8 Å². The molecule has 5 nitrogen and oxygen atoms in total. The van der Waals surface area contributed by atoms with Gasteiger partial charge in [0.15, 0.2) is 0 Å². The maximum atomic E-state index is 12.7. The Morgan fingerprint density at radius 2 is 1.95 bits per heavy atom. The Hall–Kier alpha value is -1.10. The van der Waals surface area contributed by atoms with Crippen molar-refractivity contribution >= 4 is 11.9 Å². The number of carboxylic acid groups (broad SMARTS) is 1. The largest absolute Gasteiger partial charge is 0.481 e. The molecule has 2 N–H and O–H groups in total. The minimum atomic E-state index is -0.762. The molecule has 2 aliphatic heterocycles. The van der Waals surface area contributed by atoms with Crippen LogP contribution in [0.1, 0.15) is 39.0 Å². The molecule has 0 aromatic heterocycles. The molecule has 108 valence electrons. The fourth-order valence-corrected chi connectivity index (χ4v) is 3.40. The highest BCUT2D eigenvalue weighted by molar-refractivity contribution is 5.84. The summed E-state index contributed by atoms with van der Waals surface area (Å²) in [6.45, 7) is 5.21. The van der Waals surface area contributed by atoms with Crippen LogP contribution in [-0.4, -0.2) is 48.1 Å². The van der Waals surface area contributed by atoms with E-state index < -0.39 is 5.97 Å². The second kappa shape index (κ2) is 5.90. The van der Waals surface area contributed by atoms with Gasteiger partial charge in [-0.15, -0.1) is 0 Å². The van der Waals surface area contributed by atoms with E-state index in [1.165, 1.54) is 0 Å². The van der Waals surface area contributed by atoms with Gasteiger partial charge in [0.25, 0.3) is 0 Å². The zero-order valence-corrected chi connectivity index (χ0v) is 11.7. The Labute approximate surface area is 114 Å². The molecular weight excluding hydrogens is 244 g/mol. The number of carbonyl (C=O) groups is 2. The molecule has 0 aromatic rings. The number of carboxylic acids is 1. The van der Waals surface area contributed by atoms with Gasteiger partial charge < -0.3 is 15.3 Å². The van der Waals surface area contributed by atoms with Crippen LogP contribution in [0.25, 0.3) is 0 Å². The summed E-state index contributed by atoms with van der Waals surface area (Å²) in [6, 6.07) is 0. The number of rotatable bonds is 5. The summed E-state index contributed by atoms with van der Waals surface area (Å²) in [6.07, 6.45) is 4.00. The van der Waals surface area contributed by atoms with Crippen molar-refractivity contribution in [3.63, 3.8) is 0 Å². The van der Waals surface area contributed by atoms with E-state index in [4.69, 9.17) is 5.11 Å². The second-order valence-electron chi connectivity index (χ2n) is 5.95. The van der Waals surface area contributed by atoms with Crippen LogP contribution in [0.5, 0.6) is 0 Å². The highest BCUT2D eigenvalue weighted by atomic mass is 16.4. The van der Waals surface area contributed by atoms with E-state index in [0.29, 0.717) is 13.1 Å².